The molecule has 0 aliphatic carbocycles. The maximum Gasteiger partial charge on any atom is 0.321 e. The Morgan fingerprint density at radius 1 is 1.04 bits per heavy atom. The van der Waals surface area contributed by atoms with Crippen LogP contribution in [0.4, 0.5) is 4.79 Å². The lowest BCUT2D eigenvalue weighted by atomic mass is 9.85. The number of urea groups is 1. The molecule has 3 N–H and O–H groups in total. The van der Waals surface area contributed by atoms with Crippen LogP contribution in [-0.4, -0.2) is 100 Å². The Bertz CT molecular complexity index is 1710. The number of aryl methyl sites for hydroxylation is 1. The number of sulfonamides is 1. The molecular formula is C37H50N6O6S. The van der Waals surface area contributed by atoms with Crippen LogP contribution >= 0.6 is 0 Å². The molecule has 1 unspecified atom stereocenters. The predicted octanol–water partition coefficient (Wildman–Crippen LogP) is 4.29. The number of oxime groups is 1. The van der Waals surface area contributed by atoms with Gasteiger partial charge in [0.1, 0.15) is 6.04 Å². The first-order valence-corrected chi connectivity index (χ1v) is 18.3. The molecule has 0 radical (unpaired) electrons. The van der Waals surface area contributed by atoms with Gasteiger partial charge in [0.15, 0.2) is 0 Å². The summed E-state index contributed by atoms with van der Waals surface area (Å²) in [5, 5.41) is 26.6. The van der Waals surface area contributed by atoms with Gasteiger partial charge >= 0.3 is 6.03 Å². The van der Waals surface area contributed by atoms with Crippen molar-refractivity contribution in [3.8, 4) is 0 Å². The zero-order chi connectivity index (χ0) is 36.6. The minimum atomic E-state index is -4.13. The van der Waals surface area contributed by atoms with Gasteiger partial charge in [0.05, 0.1) is 23.3 Å². The monoisotopic (exact) mass is 706 g/mol. The fraction of sp³-hybridized carbons (Fsp3) is 0.459. The molecule has 270 valence electrons. The number of nitrogens with one attached hydrogen (secondary N) is 1. The SMILES string of the molecule is Cc1ccc(CN2CCN([C@H](C(=O)NC[C@@H](O)C(Cc3ccccc3)N(CC(C)C)S(=O)(=O)c3ccc(/C=N/O)cc3)C(C)(C)C)C2=O)cn1. The highest BCUT2D eigenvalue weighted by atomic mass is 32.2. The van der Waals surface area contributed by atoms with E-state index in [9.17, 15) is 23.1 Å². The predicted molar refractivity (Wildman–Crippen MR) is 192 cm³/mol. The first-order chi connectivity index (χ1) is 23.6. The number of benzene rings is 2. The molecule has 13 heteroatoms. The molecular weight excluding hydrogens is 657 g/mol. The molecule has 1 saturated heterocycles. The van der Waals surface area contributed by atoms with Crippen LogP contribution in [-0.2, 0) is 27.8 Å². The molecule has 0 spiro atoms. The van der Waals surface area contributed by atoms with Gasteiger partial charge in [-0.3, -0.25) is 9.78 Å². The molecule has 1 aromatic heterocycles. The van der Waals surface area contributed by atoms with Crippen LogP contribution in [0.1, 0.15) is 57.0 Å². The number of hydrogen-bond acceptors (Lipinski definition) is 8. The quantitative estimate of drug-likeness (QED) is 0.121. The average molecular weight is 707 g/mol. The van der Waals surface area contributed by atoms with Crippen molar-refractivity contribution in [2.75, 3.05) is 26.2 Å². The second-order valence-corrected chi connectivity index (χ2v) is 16.2. The molecule has 3 amide bonds. The van der Waals surface area contributed by atoms with Gasteiger partial charge < -0.3 is 25.4 Å². The van der Waals surface area contributed by atoms with E-state index >= 15 is 0 Å². The molecule has 0 bridgehead atoms. The Balaban J connectivity index is 1.58. The van der Waals surface area contributed by atoms with Crippen molar-refractivity contribution in [3.63, 3.8) is 0 Å². The number of aromatic nitrogens is 1. The highest BCUT2D eigenvalue weighted by molar-refractivity contribution is 7.89. The van der Waals surface area contributed by atoms with E-state index in [1.165, 1.54) is 34.8 Å². The highest BCUT2D eigenvalue weighted by Crippen LogP contribution is 2.29. The fourth-order valence-corrected chi connectivity index (χ4v) is 8.04. The van der Waals surface area contributed by atoms with E-state index in [0.717, 1.165) is 16.8 Å². The van der Waals surface area contributed by atoms with Crippen molar-refractivity contribution in [1.82, 2.24) is 24.4 Å². The summed E-state index contributed by atoms with van der Waals surface area (Å²) >= 11 is 0. The second kappa shape index (κ2) is 16.6. The fourth-order valence-electron chi connectivity index (χ4n) is 6.23. The van der Waals surface area contributed by atoms with E-state index in [1.54, 1.807) is 16.0 Å². The number of aliphatic hydroxyl groups excluding tert-OH is 1. The summed E-state index contributed by atoms with van der Waals surface area (Å²) in [5.74, 6) is -0.516. The van der Waals surface area contributed by atoms with E-state index < -0.39 is 39.5 Å². The molecule has 50 heavy (non-hydrogen) atoms. The number of aliphatic hydroxyl groups is 1. The maximum absolute atomic E-state index is 14.2. The Labute approximate surface area is 295 Å². The third kappa shape index (κ3) is 9.67. The first-order valence-electron chi connectivity index (χ1n) is 16.9. The number of nitrogens with zero attached hydrogens (tertiary/aromatic N) is 5. The van der Waals surface area contributed by atoms with Crippen LogP contribution in [0.3, 0.4) is 0 Å². The van der Waals surface area contributed by atoms with E-state index in [4.69, 9.17) is 5.21 Å². The summed E-state index contributed by atoms with van der Waals surface area (Å²) in [5.41, 5.74) is 2.47. The Morgan fingerprint density at radius 3 is 2.30 bits per heavy atom. The van der Waals surface area contributed by atoms with Crippen LogP contribution in [0, 0.1) is 18.3 Å². The summed E-state index contributed by atoms with van der Waals surface area (Å²) in [6.45, 7) is 12.4. The topological polar surface area (TPSA) is 156 Å². The lowest BCUT2D eigenvalue weighted by Crippen LogP contribution is -2.57. The van der Waals surface area contributed by atoms with E-state index in [-0.39, 0.29) is 36.4 Å². The number of hydrogen-bond donors (Lipinski definition) is 3. The summed E-state index contributed by atoms with van der Waals surface area (Å²) in [6.07, 6.45) is 1.84. The average Bonchev–Trinajstić information content (AvgIpc) is 3.41. The molecule has 2 heterocycles. The van der Waals surface area contributed by atoms with Gasteiger partial charge in [0.2, 0.25) is 15.9 Å². The number of carbonyl (C=O) groups excluding carboxylic acids is 2. The summed E-state index contributed by atoms with van der Waals surface area (Å²) in [4.78, 5) is 35.2. The van der Waals surface area contributed by atoms with Crippen molar-refractivity contribution >= 4 is 28.2 Å². The van der Waals surface area contributed by atoms with Crippen molar-refractivity contribution in [3.05, 3.63) is 95.3 Å². The molecule has 4 rings (SSSR count). The van der Waals surface area contributed by atoms with Crippen LogP contribution in [0.15, 0.2) is 83.0 Å². The summed E-state index contributed by atoms with van der Waals surface area (Å²) < 4.78 is 29.8. The molecule has 3 aromatic rings. The molecule has 1 fully saturated rings. The highest BCUT2D eigenvalue weighted by Gasteiger charge is 2.44. The molecule has 12 nitrogen and oxygen atoms in total. The normalized spacial score (nSPS) is 16.0. The third-order valence-electron chi connectivity index (χ3n) is 8.68. The van der Waals surface area contributed by atoms with Crippen molar-refractivity contribution < 1.29 is 28.3 Å². The second-order valence-electron chi connectivity index (χ2n) is 14.3. The Kier molecular flexibility index (Phi) is 12.8. The zero-order valence-corrected chi connectivity index (χ0v) is 30.5. The first kappa shape index (κ1) is 38.5. The van der Waals surface area contributed by atoms with Crippen molar-refractivity contribution in [2.24, 2.45) is 16.5 Å². The van der Waals surface area contributed by atoms with Gasteiger partial charge in [-0.25, -0.2) is 13.2 Å². The van der Waals surface area contributed by atoms with Gasteiger partial charge in [0.25, 0.3) is 0 Å². The standard InChI is InChI=1S/C37H50N6O6S/c1-26(2)24-43(50(48,49)31-16-14-29(15-17-31)22-40-47)32(20-28-10-8-7-9-11-28)33(44)23-39-35(45)34(37(4,5)6)42-19-18-41(36(42)46)25-30-13-12-27(3)38-21-30/h7-17,21-22,26,32-34,44,47H,18-20,23-25H2,1-6H3,(H,39,45)/b40-22+/t32?,33-,34-/m1/s1. The molecule has 1 aliphatic heterocycles. The van der Waals surface area contributed by atoms with Gasteiger partial charge in [-0.05, 0) is 59.6 Å². The number of pyridine rings is 1. The lowest BCUT2D eigenvalue weighted by molar-refractivity contribution is -0.129. The van der Waals surface area contributed by atoms with E-state index in [0.29, 0.717) is 25.2 Å². The molecule has 0 saturated carbocycles. The van der Waals surface area contributed by atoms with Crippen LogP contribution in [0.2, 0.25) is 0 Å². The third-order valence-corrected chi connectivity index (χ3v) is 10.6. The minimum Gasteiger partial charge on any atom is -0.411 e. The molecule has 3 atom stereocenters. The van der Waals surface area contributed by atoms with Crippen LogP contribution < -0.4 is 5.32 Å². The molecule has 2 aromatic carbocycles. The van der Waals surface area contributed by atoms with Gasteiger partial charge in [0, 0.05) is 44.6 Å². The summed E-state index contributed by atoms with van der Waals surface area (Å²) in [6, 6.07) is 17.0. The number of carbonyl (C=O) groups is 2. The van der Waals surface area contributed by atoms with E-state index in [1.807, 2.05) is 84.0 Å². The molecule has 1 aliphatic rings. The van der Waals surface area contributed by atoms with Gasteiger partial charge in [-0.15, -0.1) is 0 Å². The van der Waals surface area contributed by atoms with E-state index in [2.05, 4.69) is 15.5 Å². The number of amides is 3. The van der Waals surface area contributed by atoms with Crippen LogP contribution in [0.25, 0.3) is 0 Å². The zero-order valence-electron chi connectivity index (χ0n) is 29.7. The number of rotatable bonds is 15. The summed E-state index contributed by atoms with van der Waals surface area (Å²) in [7, 11) is -4.13. The maximum atomic E-state index is 14.2. The lowest BCUT2D eigenvalue weighted by Gasteiger charge is -2.38. The van der Waals surface area contributed by atoms with Gasteiger partial charge in [-0.1, -0.05) is 88.3 Å². The minimum absolute atomic E-state index is 0.0221. The Hall–Kier alpha value is -4.33. The smallest absolute Gasteiger partial charge is 0.321 e. The van der Waals surface area contributed by atoms with Crippen molar-refractivity contribution in [1.29, 1.82) is 0 Å². The van der Waals surface area contributed by atoms with Crippen molar-refractivity contribution in [2.45, 2.75) is 77.6 Å². The van der Waals surface area contributed by atoms with Crippen LogP contribution in [0.5, 0.6) is 0 Å². The van der Waals surface area contributed by atoms with Gasteiger partial charge in [-0.2, -0.15) is 4.31 Å². The largest absolute Gasteiger partial charge is 0.411 e. The Morgan fingerprint density at radius 2 is 1.72 bits per heavy atom.